The van der Waals surface area contributed by atoms with E-state index in [4.69, 9.17) is 14.6 Å². The van der Waals surface area contributed by atoms with Crippen LogP contribution >= 0.6 is 0 Å². The highest BCUT2D eigenvalue weighted by atomic mass is 28.4. The first-order chi connectivity index (χ1) is 7.60. The maximum absolute atomic E-state index is 6.01. The second-order valence-corrected chi connectivity index (χ2v) is 8.15. The fourth-order valence-corrected chi connectivity index (χ4v) is 3.56. The molecule has 4 heteroatoms. The van der Waals surface area contributed by atoms with Crippen LogP contribution in [-0.4, -0.2) is 28.3 Å². The van der Waals surface area contributed by atoms with Gasteiger partial charge < -0.3 is 14.6 Å². The molecule has 0 aromatic rings. The van der Waals surface area contributed by atoms with Gasteiger partial charge in [0.1, 0.15) is 0 Å². The molecule has 0 fully saturated rings. The van der Waals surface area contributed by atoms with E-state index in [1.54, 1.807) is 0 Å². The molecule has 0 aliphatic carbocycles. The van der Waals surface area contributed by atoms with E-state index in [9.17, 15) is 0 Å². The quantitative estimate of drug-likeness (QED) is 0.477. The molecule has 0 saturated carbocycles. The van der Waals surface area contributed by atoms with Crippen LogP contribution in [0.1, 0.15) is 46.5 Å². The summed E-state index contributed by atoms with van der Waals surface area (Å²) in [5.74, 6) is 0. The van der Waals surface area contributed by atoms with Crippen LogP contribution in [0.15, 0.2) is 0 Å². The van der Waals surface area contributed by atoms with Crippen molar-refractivity contribution in [2.75, 3.05) is 19.8 Å². The summed E-state index contributed by atoms with van der Waals surface area (Å²) in [5, 5.41) is 0. The Morgan fingerprint density at radius 3 is 1.81 bits per heavy atom. The molecular weight excluding hydrogens is 218 g/mol. The SMILES string of the molecule is CCCCO[Si](C)(OCCCC)C(C)CN. The molecule has 0 aliphatic heterocycles. The summed E-state index contributed by atoms with van der Waals surface area (Å²) >= 11 is 0. The molecule has 0 aromatic heterocycles. The topological polar surface area (TPSA) is 44.5 Å². The third kappa shape index (κ3) is 5.99. The van der Waals surface area contributed by atoms with E-state index in [0.717, 1.165) is 38.9 Å². The number of rotatable bonds is 10. The highest BCUT2D eigenvalue weighted by Gasteiger charge is 2.37. The van der Waals surface area contributed by atoms with Crippen LogP contribution < -0.4 is 5.73 Å². The summed E-state index contributed by atoms with van der Waals surface area (Å²) in [4.78, 5) is 0. The van der Waals surface area contributed by atoms with Gasteiger partial charge >= 0.3 is 8.56 Å². The van der Waals surface area contributed by atoms with Crippen LogP contribution in [0.2, 0.25) is 12.1 Å². The van der Waals surface area contributed by atoms with Crippen molar-refractivity contribution < 1.29 is 8.85 Å². The molecule has 0 aromatic carbocycles. The molecule has 0 aliphatic rings. The zero-order chi connectivity index (χ0) is 12.4. The summed E-state index contributed by atoms with van der Waals surface area (Å²) in [5.41, 5.74) is 6.10. The Morgan fingerprint density at radius 2 is 1.50 bits per heavy atom. The predicted molar refractivity (Wildman–Crippen MR) is 71.8 cm³/mol. The molecule has 1 atom stereocenters. The molecule has 0 radical (unpaired) electrons. The second kappa shape index (κ2) is 9.16. The van der Waals surface area contributed by atoms with Crippen LogP contribution in [-0.2, 0) is 8.85 Å². The average molecular weight is 247 g/mol. The molecule has 0 saturated heterocycles. The monoisotopic (exact) mass is 247 g/mol. The Balaban J connectivity index is 4.13. The highest BCUT2D eigenvalue weighted by molar-refractivity contribution is 6.67. The lowest BCUT2D eigenvalue weighted by Crippen LogP contribution is -2.46. The first-order valence-electron chi connectivity index (χ1n) is 6.58. The maximum Gasteiger partial charge on any atom is 0.339 e. The summed E-state index contributed by atoms with van der Waals surface area (Å²) in [7, 11) is -2.05. The molecule has 16 heavy (non-hydrogen) atoms. The van der Waals surface area contributed by atoms with Crippen LogP contribution in [0.25, 0.3) is 0 Å². The van der Waals surface area contributed by atoms with Crippen molar-refractivity contribution in [2.45, 2.75) is 58.5 Å². The Morgan fingerprint density at radius 1 is 1.06 bits per heavy atom. The summed E-state index contributed by atoms with van der Waals surface area (Å²) in [6.45, 7) is 10.9. The minimum Gasteiger partial charge on any atom is -0.394 e. The van der Waals surface area contributed by atoms with Gasteiger partial charge in [-0.15, -0.1) is 0 Å². The summed E-state index contributed by atoms with van der Waals surface area (Å²) in [6.07, 6.45) is 4.54. The highest BCUT2D eigenvalue weighted by Crippen LogP contribution is 2.23. The van der Waals surface area contributed by atoms with Gasteiger partial charge in [0.15, 0.2) is 0 Å². The molecule has 0 rings (SSSR count). The van der Waals surface area contributed by atoms with Crippen molar-refractivity contribution in [2.24, 2.45) is 5.73 Å². The van der Waals surface area contributed by atoms with E-state index in [2.05, 4.69) is 27.3 Å². The van der Waals surface area contributed by atoms with Gasteiger partial charge in [0.05, 0.1) is 0 Å². The van der Waals surface area contributed by atoms with Crippen LogP contribution in [0.5, 0.6) is 0 Å². The van der Waals surface area contributed by atoms with Crippen molar-refractivity contribution in [3.8, 4) is 0 Å². The normalized spacial score (nSPS) is 14.1. The molecular formula is C12H29NO2Si. The van der Waals surface area contributed by atoms with Gasteiger partial charge in [0.2, 0.25) is 0 Å². The Labute approximate surface area is 102 Å². The van der Waals surface area contributed by atoms with Gasteiger partial charge in [0, 0.05) is 18.8 Å². The first-order valence-corrected chi connectivity index (χ1v) is 8.98. The standard InChI is InChI=1S/C12H29NO2Si/c1-5-7-9-14-16(4,12(3)11-13)15-10-8-6-2/h12H,5-11,13H2,1-4H3. The van der Waals surface area contributed by atoms with Crippen LogP contribution in [0.3, 0.4) is 0 Å². The van der Waals surface area contributed by atoms with E-state index in [0.29, 0.717) is 12.1 Å². The Kier molecular flexibility index (Phi) is 9.22. The minimum atomic E-state index is -2.05. The van der Waals surface area contributed by atoms with Crippen LogP contribution in [0.4, 0.5) is 0 Å². The molecule has 1 unspecified atom stereocenters. The van der Waals surface area contributed by atoms with Crippen molar-refractivity contribution in [3.63, 3.8) is 0 Å². The smallest absolute Gasteiger partial charge is 0.339 e. The van der Waals surface area contributed by atoms with Gasteiger partial charge in [-0.2, -0.15) is 0 Å². The lowest BCUT2D eigenvalue weighted by atomic mass is 10.4. The first kappa shape index (κ1) is 16.1. The fraction of sp³-hybridized carbons (Fsp3) is 1.00. The van der Waals surface area contributed by atoms with Crippen molar-refractivity contribution in [1.29, 1.82) is 0 Å². The largest absolute Gasteiger partial charge is 0.394 e. The van der Waals surface area contributed by atoms with Crippen molar-refractivity contribution in [1.82, 2.24) is 0 Å². The average Bonchev–Trinajstić information content (AvgIpc) is 2.28. The van der Waals surface area contributed by atoms with Crippen molar-refractivity contribution >= 4 is 8.56 Å². The number of unbranched alkanes of at least 4 members (excludes halogenated alkanes) is 2. The molecule has 2 N–H and O–H groups in total. The van der Waals surface area contributed by atoms with Gasteiger partial charge in [-0.3, -0.25) is 0 Å². The third-order valence-electron chi connectivity index (χ3n) is 3.02. The van der Waals surface area contributed by atoms with E-state index in [1.807, 2.05) is 0 Å². The van der Waals surface area contributed by atoms with Crippen molar-refractivity contribution in [3.05, 3.63) is 0 Å². The second-order valence-electron chi connectivity index (χ2n) is 4.56. The number of hydrogen-bond donors (Lipinski definition) is 1. The van der Waals surface area contributed by atoms with Gasteiger partial charge in [0.25, 0.3) is 0 Å². The van der Waals surface area contributed by atoms with E-state index in [-0.39, 0.29) is 0 Å². The number of nitrogens with two attached hydrogens (primary N) is 1. The zero-order valence-electron chi connectivity index (χ0n) is 11.4. The van der Waals surface area contributed by atoms with Crippen LogP contribution in [0, 0.1) is 0 Å². The minimum absolute atomic E-state index is 0.362. The molecule has 3 nitrogen and oxygen atoms in total. The van der Waals surface area contributed by atoms with E-state index < -0.39 is 8.56 Å². The molecule has 0 amide bonds. The molecule has 0 heterocycles. The summed E-state index contributed by atoms with van der Waals surface area (Å²) in [6, 6.07) is 0. The lowest BCUT2D eigenvalue weighted by Gasteiger charge is -2.32. The third-order valence-corrected chi connectivity index (χ3v) is 6.60. The Bertz CT molecular complexity index is 157. The van der Waals surface area contributed by atoms with Gasteiger partial charge in [-0.05, 0) is 25.9 Å². The predicted octanol–water partition coefficient (Wildman–Crippen LogP) is 3.04. The molecule has 0 bridgehead atoms. The molecule has 0 spiro atoms. The van der Waals surface area contributed by atoms with Gasteiger partial charge in [-0.1, -0.05) is 33.6 Å². The Hall–Kier alpha value is 0.0969. The number of hydrogen-bond acceptors (Lipinski definition) is 3. The van der Waals surface area contributed by atoms with Gasteiger partial charge in [-0.25, -0.2) is 0 Å². The fourth-order valence-electron chi connectivity index (χ4n) is 1.38. The molecule has 98 valence electrons. The lowest BCUT2D eigenvalue weighted by molar-refractivity contribution is 0.161. The van der Waals surface area contributed by atoms with E-state index >= 15 is 0 Å². The zero-order valence-corrected chi connectivity index (χ0v) is 12.4. The maximum atomic E-state index is 6.01. The summed E-state index contributed by atoms with van der Waals surface area (Å²) < 4.78 is 12.0. The van der Waals surface area contributed by atoms with E-state index in [1.165, 1.54) is 0 Å².